The van der Waals surface area contributed by atoms with E-state index in [2.05, 4.69) is 0 Å². The molecule has 0 atom stereocenters. The lowest BCUT2D eigenvalue weighted by atomic mass is 10.1. The van der Waals surface area contributed by atoms with Gasteiger partial charge in [0.25, 0.3) is 10.1 Å². The van der Waals surface area contributed by atoms with Crippen LogP contribution in [0, 0.1) is 0 Å². The van der Waals surface area contributed by atoms with Crippen molar-refractivity contribution in [3.05, 3.63) is 23.8 Å². The van der Waals surface area contributed by atoms with Gasteiger partial charge in [-0.15, -0.1) is 0 Å². The second kappa shape index (κ2) is 3.25. The Labute approximate surface area is 82.3 Å². The van der Waals surface area contributed by atoms with Crippen molar-refractivity contribution < 1.29 is 17.7 Å². The fraction of sp³-hybridized carbons (Fsp3) is 0.333. The van der Waals surface area contributed by atoms with Gasteiger partial charge in [-0.25, -0.2) is 0 Å². The first-order valence-electron chi connectivity index (χ1n) is 4.31. The SMILES string of the molecule is O=S(=O)(O)c1cccc2c1OCCC2. The number of fused-ring (bicyclic) bond motifs is 1. The van der Waals surface area contributed by atoms with Gasteiger partial charge < -0.3 is 4.74 Å². The topological polar surface area (TPSA) is 63.6 Å². The summed E-state index contributed by atoms with van der Waals surface area (Å²) in [6.07, 6.45) is 1.67. The highest BCUT2D eigenvalue weighted by atomic mass is 32.2. The van der Waals surface area contributed by atoms with Crippen LogP contribution in [0.15, 0.2) is 23.1 Å². The third-order valence-corrected chi connectivity index (χ3v) is 3.05. The molecule has 0 bridgehead atoms. The first-order valence-corrected chi connectivity index (χ1v) is 5.75. The van der Waals surface area contributed by atoms with Gasteiger partial charge in [-0.3, -0.25) is 4.55 Å². The van der Waals surface area contributed by atoms with Crippen molar-refractivity contribution in [2.45, 2.75) is 17.7 Å². The molecule has 14 heavy (non-hydrogen) atoms. The molecule has 1 aromatic carbocycles. The smallest absolute Gasteiger partial charge is 0.298 e. The van der Waals surface area contributed by atoms with Crippen LogP contribution in [0.5, 0.6) is 5.75 Å². The lowest BCUT2D eigenvalue weighted by molar-refractivity contribution is 0.279. The molecule has 0 radical (unpaired) electrons. The van der Waals surface area contributed by atoms with Crippen LogP contribution in [0.4, 0.5) is 0 Å². The van der Waals surface area contributed by atoms with E-state index in [1.165, 1.54) is 6.07 Å². The average Bonchev–Trinajstić information content (AvgIpc) is 2.15. The molecular formula is C9H10O4S. The van der Waals surface area contributed by atoms with E-state index in [4.69, 9.17) is 9.29 Å². The molecule has 0 amide bonds. The van der Waals surface area contributed by atoms with Gasteiger partial charge in [0.15, 0.2) is 0 Å². The lowest BCUT2D eigenvalue weighted by Crippen LogP contribution is -2.12. The van der Waals surface area contributed by atoms with Crippen LogP contribution in [0.2, 0.25) is 0 Å². The summed E-state index contributed by atoms with van der Waals surface area (Å²) in [7, 11) is -4.17. The predicted octanol–water partition coefficient (Wildman–Crippen LogP) is 1.26. The van der Waals surface area contributed by atoms with Gasteiger partial charge in [-0.05, 0) is 24.5 Å². The maximum Gasteiger partial charge on any atom is 0.298 e. The van der Waals surface area contributed by atoms with Crippen LogP contribution >= 0.6 is 0 Å². The Balaban J connectivity index is 2.62. The molecule has 1 heterocycles. The highest BCUT2D eigenvalue weighted by Gasteiger charge is 2.21. The van der Waals surface area contributed by atoms with Gasteiger partial charge in [0.1, 0.15) is 10.6 Å². The largest absolute Gasteiger partial charge is 0.492 e. The Hall–Kier alpha value is -1.07. The Bertz CT molecular complexity index is 450. The quantitative estimate of drug-likeness (QED) is 0.715. The van der Waals surface area contributed by atoms with E-state index in [0.29, 0.717) is 12.4 Å². The molecule has 1 aromatic rings. The summed E-state index contributed by atoms with van der Waals surface area (Å²) in [5.41, 5.74) is 0.839. The van der Waals surface area contributed by atoms with Crippen molar-refractivity contribution >= 4 is 10.1 Å². The molecule has 0 aliphatic carbocycles. The first kappa shape index (κ1) is 9.48. The molecule has 2 rings (SSSR count). The maximum absolute atomic E-state index is 11.0. The van der Waals surface area contributed by atoms with Crippen molar-refractivity contribution in [3.63, 3.8) is 0 Å². The zero-order chi connectivity index (χ0) is 10.2. The third-order valence-electron chi connectivity index (χ3n) is 2.18. The Morgan fingerprint density at radius 1 is 1.36 bits per heavy atom. The zero-order valence-electron chi connectivity index (χ0n) is 7.43. The van der Waals surface area contributed by atoms with E-state index in [0.717, 1.165) is 18.4 Å². The normalized spacial score (nSPS) is 15.8. The van der Waals surface area contributed by atoms with E-state index >= 15 is 0 Å². The molecule has 0 aromatic heterocycles. The second-order valence-corrected chi connectivity index (χ2v) is 4.56. The van der Waals surface area contributed by atoms with E-state index < -0.39 is 10.1 Å². The monoisotopic (exact) mass is 214 g/mol. The minimum absolute atomic E-state index is 0.130. The van der Waals surface area contributed by atoms with E-state index in [1.807, 2.05) is 6.07 Å². The highest BCUT2D eigenvalue weighted by molar-refractivity contribution is 7.86. The molecule has 1 aliphatic rings. The van der Waals surface area contributed by atoms with E-state index in [1.54, 1.807) is 6.07 Å². The zero-order valence-corrected chi connectivity index (χ0v) is 8.25. The fourth-order valence-corrected chi connectivity index (χ4v) is 2.24. The Morgan fingerprint density at radius 2 is 2.14 bits per heavy atom. The van der Waals surface area contributed by atoms with Crippen LogP contribution in [-0.4, -0.2) is 19.6 Å². The Kier molecular flexibility index (Phi) is 2.20. The summed E-state index contributed by atoms with van der Waals surface area (Å²) < 4.78 is 36.1. The Morgan fingerprint density at radius 3 is 2.86 bits per heavy atom. The molecule has 4 nitrogen and oxygen atoms in total. The van der Waals surface area contributed by atoms with Crippen molar-refractivity contribution in [3.8, 4) is 5.75 Å². The van der Waals surface area contributed by atoms with Crippen LogP contribution in [0.3, 0.4) is 0 Å². The van der Waals surface area contributed by atoms with E-state index in [9.17, 15) is 8.42 Å². The van der Waals surface area contributed by atoms with Gasteiger partial charge in [-0.1, -0.05) is 12.1 Å². The molecule has 1 N–H and O–H groups in total. The number of hydrogen-bond donors (Lipinski definition) is 1. The summed E-state index contributed by atoms with van der Waals surface area (Å²) in [5.74, 6) is 0.307. The standard InChI is InChI=1S/C9H10O4S/c10-14(11,12)8-5-1-3-7-4-2-6-13-9(7)8/h1,3,5H,2,4,6H2,(H,10,11,12). The second-order valence-electron chi connectivity index (χ2n) is 3.17. The summed E-state index contributed by atoms with van der Waals surface area (Å²) in [6.45, 7) is 0.500. The van der Waals surface area contributed by atoms with Gasteiger partial charge in [0.2, 0.25) is 0 Å². The van der Waals surface area contributed by atoms with Crippen LogP contribution in [0.1, 0.15) is 12.0 Å². The molecule has 0 spiro atoms. The van der Waals surface area contributed by atoms with Crippen LogP contribution < -0.4 is 4.74 Å². The fourth-order valence-electron chi connectivity index (χ4n) is 1.56. The maximum atomic E-state index is 11.0. The van der Waals surface area contributed by atoms with Crippen molar-refractivity contribution in [1.82, 2.24) is 0 Å². The molecule has 1 aliphatic heterocycles. The summed E-state index contributed by atoms with van der Waals surface area (Å²) in [5, 5.41) is 0. The number of aryl methyl sites for hydroxylation is 1. The number of para-hydroxylation sites is 1. The van der Waals surface area contributed by atoms with Crippen LogP contribution in [-0.2, 0) is 16.5 Å². The number of benzene rings is 1. The first-order chi connectivity index (χ1) is 6.59. The summed E-state index contributed by atoms with van der Waals surface area (Å²) in [6, 6.07) is 4.76. The summed E-state index contributed by atoms with van der Waals surface area (Å²) >= 11 is 0. The molecule has 0 fully saturated rings. The van der Waals surface area contributed by atoms with E-state index in [-0.39, 0.29) is 4.90 Å². The predicted molar refractivity (Wildman–Crippen MR) is 50.1 cm³/mol. The molecule has 0 saturated carbocycles. The average molecular weight is 214 g/mol. The molecule has 76 valence electrons. The van der Waals surface area contributed by atoms with Gasteiger partial charge >= 0.3 is 0 Å². The van der Waals surface area contributed by atoms with Gasteiger partial charge in [0, 0.05) is 0 Å². The number of hydrogen-bond acceptors (Lipinski definition) is 3. The van der Waals surface area contributed by atoms with Crippen molar-refractivity contribution in [2.75, 3.05) is 6.61 Å². The molecule has 0 saturated heterocycles. The number of ether oxygens (including phenoxy) is 1. The van der Waals surface area contributed by atoms with Crippen LogP contribution in [0.25, 0.3) is 0 Å². The number of rotatable bonds is 1. The summed E-state index contributed by atoms with van der Waals surface area (Å²) in [4.78, 5) is -0.130. The highest BCUT2D eigenvalue weighted by Crippen LogP contribution is 2.31. The van der Waals surface area contributed by atoms with Crippen molar-refractivity contribution in [1.29, 1.82) is 0 Å². The van der Waals surface area contributed by atoms with Gasteiger partial charge in [-0.2, -0.15) is 8.42 Å². The molecule has 5 heteroatoms. The third kappa shape index (κ3) is 1.60. The minimum atomic E-state index is -4.17. The van der Waals surface area contributed by atoms with Crippen molar-refractivity contribution in [2.24, 2.45) is 0 Å². The lowest BCUT2D eigenvalue weighted by Gasteiger charge is -2.18. The molecule has 0 unspecified atom stereocenters. The van der Waals surface area contributed by atoms with Gasteiger partial charge in [0.05, 0.1) is 6.61 Å². The minimum Gasteiger partial charge on any atom is -0.492 e. The molecular weight excluding hydrogens is 204 g/mol.